The molecule has 0 aromatic heterocycles. The molecule has 0 saturated carbocycles. The molecule has 1 fully saturated rings. The molecule has 2 atom stereocenters. The van der Waals surface area contributed by atoms with E-state index in [0.29, 0.717) is 25.7 Å². The predicted octanol–water partition coefficient (Wildman–Crippen LogP) is 6.74. The number of likely N-dealkylation sites (tertiary alicyclic amines) is 1. The zero-order chi connectivity index (χ0) is 24.0. The monoisotopic (exact) mass is 467 g/mol. The normalized spacial score (nSPS) is 27.3. The van der Waals surface area contributed by atoms with Gasteiger partial charge in [0.25, 0.3) is 0 Å². The van der Waals surface area contributed by atoms with E-state index in [1.807, 2.05) is 0 Å². The van der Waals surface area contributed by atoms with E-state index in [1.165, 1.54) is 52.0 Å². The molecule has 3 heteroatoms. The van der Waals surface area contributed by atoms with Gasteiger partial charge in [-0.1, -0.05) is 80.6 Å². The van der Waals surface area contributed by atoms with Crippen LogP contribution in [-0.2, 0) is 9.47 Å². The van der Waals surface area contributed by atoms with Crippen LogP contribution in [0.4, 0.5) is 0 Å². The highest BCUT2D eigenvalue weighted by Gasteiger charge is 2.64. The van der Waals surface area contributed by atoms with Crippen molar-refractivity contribution in [3.05, 3.63) is 94.7 Å². The van der Waals surface area contributed by atoms with Gasteiger partial charge >= 0.3 is 0 Å². The highest BCUT2D eigenvalue weighted by molar-refractivity contribution is 5.91. The molecule has 35 heavy (non-hydrogen) atoms. The smallest absolute Gasteiger partial charge is 0.125 e. The minimum absolute atomic E-state index is 0.0464. The standard InChI is InChI=1S/C32H37NO2/c1-4-34-22-27-28(24-15-9-6-10-16-24)26-21-31(2,3)32(27)29(30(26)33-18-11-12-19-33)25(17-20-35-32)23-13-7-5-8-14-23/h5-10,13-17,26H,4,11-12,18-22H2,1-3H3. The Balaban J connectivity index is 1.67. The molecule has 1 saturated heterocycles. The van der Waals surface area contributed by atoms with Crippen molar-refractivity contribution < 1.29 is 9.47 Å². The summed E-state index contributed by atoms with van der Waals surface area (Å²) in [6.07, 6.45) is 5.94. The van der Waals surface area contributed by atoms with Crippen molar-refractivity contribution in [1.82, 2.24) is 4.90 Å². The van der Waals surface area contributed by atoms with Crippen LogP contribution in [0.5, 0.6) is 0 Å². The summed E-state index contributed by atoms with van der Waals surface area (Å²) in [5.41, 5.74) is 9.12. The maximum Gasteiger partial charge on any atom is 0.125 e. The maximum absolute atomic E-state index is 7.08. The lowest BCUT2D eigenvalue weighted by Crippen LogP contribution is -2.61. The molecule has 0 radical (unpaired) electrons. The van der Waals surface area contributed by atoms with E-state index in [0.717, 1.165) is 19.5 Å². The fourth-order valence-electron chi connectivity index (χ4n) is 7.27. The van der Waals surface area contributed by atoms with E-state index < -0.39 is 5.60 Å². The molecule has 2 aromatic carbocycles. The highest BCUT2D eigenvalue weighted by Crippen LogP contribution is 2.67. The number of nitrogens with zero attached hydrogens (tertiary/aromatic N) is 1. The first-order valence-electron chi connectivity index (χ1n) is 13.3. The van der Waals surface area contributed by atoms with Gasteiger partial charge in [-0.25, -0.2) is 0 Å². The van der Waals surface area contributed by atoms with Gasteiger partial charge in [0.2, 0.25) is 0 Å². The Kier molecular flexibility index (Phi) is 5.74. The average Bonchev–Trinajstić information content (AvgIpc) is 3.41. The van der Waals surface area contributed by atoms with Gasteiger partial charge in [-0.15, -0.1) is 0 Å². The minimum Gasteiger partial charge on any atom is -0.377 e. The molecule has 2 bridgehead atoms. The summed E-state index contributed by atoms with van der Waals surface area (Å²) in [5.74, 6) is 0.339. The largest absolute Gasteiger partial charge is 0.377 e. The Morgan fingerprint density at radius 1 is 0.943 bits per heavy atom. The fourth-order valence-corrected chi connectivity index (χ4v) is 7.27. The molecule has 0 N–H and O–H groups in total. The van der Waals surface area contributed by atoms with Crippen LogP contribution >= 0.6 is 0 Å². The summed E-state index contributed by atoms with van der Waals surface area (Å²) in [5, 5.41) is 0. The number of benzene rings is 2. The second-order valence-electron chi connectivity index (χ2n) is 11.0. The molecule has 182 valence electrons. The van der Waals surface area contributed by atoms with Gasteiger partial charge in [0, 0.05) is 42.3 Å². The summed E-state index contributed by atoms with van der Waals surface area (Å²) < 4.78 is 13.3. The van der Waals surface area contributed by atoms with E-state index in [9.17, 15) is 0 Å². The summed E-state index contributed by atoms with van der Waals surface area (Å²) in [6, 6.07) is 22.0. The maximum atomic E-state index is 7.08. The number of allylic oxidation sites excluding steroid dienone is 1. The number of rotatable bonds is 6. The molecule has 5 aliphatic rings. The lowest BCUT2D eigenvalue weighted by Gasteiger charge is -2.62. The van der Waals surface area contributed by atoms with Gasteiger partial charge in [0.15, 0.2) is 0 Å². The van der Waals surface area contributed by atoms with Crippen molar-refractivity contribution >= 4 is 11.1 Å². The van der Waals surface area contributed by atoms with Gasteiger partial charge in [-0.05, 0) is 54.0 Å². The van der Waals surface area contributed by atoms with Crippen molar-refractivity contribution in [2.45, 2.75) is 45.6 Å². The Labute approximate surface area is 210 Å². The van der Waals surface area contributed by atoms with Crippen molar-refractivity contribution in [1.29, 1.82) is 0 Å². The van der Waals surface area contributed by atoms with Crippen molar-refractivity contribution in [3.8, 4) is 0 Å². The third-order valence-corrected chi connectivity index (χ3v) is 8.63. The molecule has 7 rings (SSSR count). The van der Waals surface area contributed by atoms with Gasteiger partial charge in [-0.2, -0.15) is 0 Å². The third kappa shape index (κ3) is 3.39. The minimum atomic E-state index is -0.500. The molecular formula is C32H37NO2. The van der Waals surface area contributed by atoms with Gasteiger partial charge < -0.3 is 14.4 Å². The third-order valence-electron chi connectivity index (χ3n) is 8.63. The number of hydrogen-bond donors (Lipinski definition) is 0. The molecule has 2 aliphatic heterocycles. The Hall–Kier alpha value is -2.62. The summed E-state index contributed by atoms with van der Waals surface area (Å²) in [6.45, 7) is 11.1. The lowest BCUT2D eigenvalue weighted by molar-refractivity contribution is -0.0896. The van der Waals surface area contributed by atoms with E-state index in [-0.39, 0.29) is 5.41 Å². The van der Waals surface area contributed by atoms with Crippen LogP contribution in [0.25, 0.3) is 11.1 Å². The molecular weight excluding hydrogens is 430 g/mol. The molecule has 0 amide bonds. The van der Waals surface area contributed by atoms with Crippen LogP contribution in [0.1, 0.15) is 51.2 Å². The second-order valence-corrected chi connectivity index (χ2v) is 11.0. The second kappa shape index (κ2) is 8.80. The van der Waals surface area contributed by atoms with Gasteiger partial charge in [0.05, 0.1) is 13.2 Å². The van der Waals surface area contributed by atoms with Crippen molar-refractivity contribution in [2.75, 3.05) is 32.9 Å². The van der Waals surface area contributed by atoms with E-state index in [2.05, 4.69) is 92.4 Å². The van der Waals surface area contributed by atoms with Gasteiger partial charge in [0.1, 0.15) is 5.60 Å². The zero-order valence-corrected chi connectivity index (χ0v) is 21.3. The van der Waals surface area contributed by atoms with Crippen LogP contribution in [0.15, 0.2) is 83.6 Å². The molecule has 3 nitrogen and oxygen atoms in total. The van der Waals surface area contributed by atoms with Crippen LogP contribution in [0.2, 0.25) is 0 Å². The summed E-state index contributed by atoms with van der Waals surface area (Å²) in [7, 11) is 0. The summed E-state index contributed by atoms with van der Waals surface area (Å²) in [4.78, 5) is 2.69. The Morgan fingerprint density at radius 2 is 1.60 bits per heavy atom. The number of ether oxygens (including phenoxy) is 2. The Bertz CT molecular complexity index is 1180. The lowest BCUT2D eigenvalue weighted by atomic mass is 9.49. The molecule has 2 aromatic rings. The van der Waals surface area contributed by atoms with Crippen LogP contribution < -0.4 is 0 Å². The molecule has 1 spiro atoms. The fraction of sp³-hybridized carbons (Fsp3) is 0.438. The quantitative estimate of drug-likeness (QED) is 0.470. The van der Waals surface area contributed by atoms with Crippen molar-refractivity contribution in [3.63, 3.8) is 0 Å². The molecule has 3 aliphatic carbocycles. The molecule has 2 unspecified atom stereocenters. The first kappa shape index (κ1) is 22.8. The van der Waals surface area contributed by atoms with Gasteiger partial charge in [-0.3, -0.25) is 0 Å². The van der Waals surface area contributed by atoms with E-state index in [4.69, 9.17) is 9.47 Å². The van der Waals surface area contributed by atoms with E-state index in [1.54, 1.807) is 0 Å². The van der Waals surface area contributed by atoms with Crippen LogP contribution in [0.3, 0.4) is 0 Å². The first-order chi connectivity index (χ1) is 17.1. The van der Waals surface area contributed by atoms with Crippen LogP contribution in [-0.4, -0.2) is 43.4 Å². The highest BCUT2D eigenvalue weighted by atomic mass is 16.5. The summed E-state index contributed by atoms with van der Waals surface area (Å²) >= 11 is 0. The Morgan fingerprint density at radius 3 is 2.26 bits per heavy atom. The average molecular weight is 468 g/mol. The predicted molar refractivity (Wildman–Crippen MR) is 143 cm³/mol. The molecule has 2 heterocycles. The van der Waals surface area contributed by atoms with Crippen LogP contribution in [0, 0.1) is 11.3 Å². The first-order valence-corrected chi connectivity index (χ1v) is 13.3. The number of fused-ring (bicyclic) bond motifs is 1. The van der Waals surface area contributed by atoms with E-state index >= 15 is 0 Å². The number of hydrogen-bond acceptors (Lipinski definition) is 3. The SMILES string of the molecule is CCOCC1=C(c2ccccc2)C2CC(C)(C)C13OCC=C(c1ccccc1)C3=C2N1CCCC1. The van der Waals surface area contributed by atoms with Crippen molar-refractivity contribution in [2.24, 2.45) is 11.3 Å². The topological polar surface area (TPSA) is 21.7 Å². The zero-order valence-electron chi connectivity index (χ0n) is 21.3.